The number of amides is 3. The van der Waals surface area contributed by atoms with Gasteiger partial charge in [0, 0.05) is 45.0 Å². The minimum absolute atomic E-state index is 0.0161. The van der Waals surface area contributed by atoms with Crippen LogP contribution in [-0.2, 0) is 9.53 Å². The molecule has 32 heavy (non-hydrogen) atoms. The summed E-state index contributed by atoms with van der Waals surface area (Å²) in [6.07, 6.45) is 5.79. The van der Waals surface area contributed by atoms with Gasteiger partial charge in [0.25, 0.3) is 5.91 Å². The number of carbonyl (C=O) groups excluding carboxylic acids is 3. The fourth-order valence-corrected chi connectivity index (χ4v) is 4.48. The molecule has 3 rings (SSSR count). The second-order valence-electron chi connectivity index (χ2n) is 9.88. The first-order valence-corrected chi connectivity index (χ1v) is 11.9. The lowest BCUT2D eigenvalue weighted by molar-refractivity contribution is -0.126. The van der Waals surface area contributed by atoms with Gasteiger partial charge >= 0.3 is 6.09 Å². The summed E-state index contributed by atoms with van der Waals surface area (Å²) in [4.78, 5) is 41.6. The molecular formula is C24H38N4O4. The summed E-state index contributed by atoms with van der Waals surface area (Å²) in [7, 11) is 0. The number of likely N-dealkylation sites (tertiary alicyclic amines) is 2. The number of hydrogen-bond donors (Lipinski definition) is 1. The Morgan fingerprint density at radius 2 is 1.81 bits per heavy atom. The highest BCUT2D eigenvalue weighted by Crippen LogP contribution is 2.27. The summed E-state index contributed by atoms with van der Waals surface area (Å²) in [5.41, 5.74) is 0.156. The number of piperidine rings is 2. The molecule has 0 spiro atoms. The minimum atomic E-state index is -0.506. The van der Waals surface area contributed by atoms with Crippen LogP contribution >= 0.6 is 0 Å². The van der Waals surface area contributed by atoms with E-state index in [1.165, 1.54) is 0 Å². The van der Waals surface area contributed by atoms with Crippen LogP contribution in [0.5, 0.6) is 0 Å². The van der Waals surface area contributed by atoms with E-state index in [1.807, 2.05) is 50.9 Å². The Bertz CT molecular complexity index is 805. The van der Waals surface area contributed by atoms with E-state index in [1.54, 1.807) is 4.90 Å². The third-order valence-corrected chi connectivity index (χ3v) is 6.14. The smallest absolute Gasteiger partial charge is 0.410 e. The van der Waals surface area contributed by atoms with Crippen LogP contribution in [0.4, 0.5) is 4.79 Å². The van der Waals surface area contributed by atoms with E-state index in [0.717, 1.165) is 32.1 Å². The number of ether oxygens (including phenoxy) is 1. The summed E-state index contributed by atoms with van der Waals surface area (Å²) < 4.78 is 7.54. The fraction of sp³-hybridized carbons (Fsp3) is 0.708. The lowest BCUT2D eigenvalue weighted by Crippen LogP contribution is -2.46. The Labute approximate surface area is 191 Å². The molecule has 2 fully saturated rings. The van der Waals surface area contributed by atoms with Gasteiger partial charge in [-0.25, -0.2) is 4.79 Å². The van der Waals surface area contributed by atoms with Crippen LogP contribution in [0.1, 0.15) is 76.3 Å². The van der Waals surface area contributed by atoms with Crippen molar-refractivity contribution in [2.24, 2.45) is 5.92 Å². The lowest BCUT2D eigenvalue weighted by atomic mass is 9.96. The van der Waals surface area contributed by atoms with Gasteiger partial charge in [-0.1, -0.05) is 6.92 Å². The van der Waals surface area contributed by atoms with Crippen LogP contribution < -0.4 is 5.32 Å². The molecule has 1 aromatic heterocycles. The number of hydrogen-bond acceptors (Lipinski definition) is 4. The first-order valence-electron chi connectivity index (χ1n) is 11.9. The van der Waals surface area contributed by atoms with E-state index in [9.17, 15) is 14.4 Å². The predicted octanol–water partition coefficient (Wildman–Crippen LogP) is 3.44. The lowest BCUT2D eigenvalue weighted by Gasteiger charge is -2.35. The van der Waals surface area contributed by atoms with Gasteiger partial charge in [0.2, 0.25) is 5.91 Å². The summed E-state index contributed by atoms with van der Waals surface area (Å²) in [6.45, 7) is 10.7. The third kappa shape index (κ3) is 6.04. The van der Waals surface area contributed by atoms with E-state index in [0.29, 0.717) is 38.4 Å². The van der Waals surface area contributed by atoms with Gasteiger partial charge < -0.3 is 24.4 Å². The molecule has 0 saturated carbocycles. The molecule has 2 saturated heterocycles. The number of aromatic nitrogens is 1. The average Bonchev–Trinajstić information content (AvgIpc) is 3.26. The molecule has 1 atom stereocenters. The predicted molar refractivity (Wildman–Crippen MR) is 122 cm³/mol. The van der Waals surface area contributed by atoms with Crippen LogP contribution in [0.15, 0.2) is 18.3 Å². The molecule has 8 heteroatoms. The third-order valence-electron chi connectivity index (χ3n) is 6.14. The molecule has 0 bridgehead atoms. The number of rotatable bonds is 5. The molecule has 2 aliphatic heterocycles. The van der Waals surface area contributed by atoms with Crippen molar-refractivity contribution in [2.45, 2.75) is 71.4 Å². The maximum Gasteiger partial charge on any atom is 0.410 e. The van der Waals surface area contributed by atoms with Gasteiger partial charge in [-0.3, -0.25) is 9.59 Å². The first kappa shape index (κ1) is 24.1. The molecule has 178 valence electrons. The Morgan fingerprint density at radius 3 is 2.47 bits per heavy atom. The SMILES string of the molecule is CCCNC(=O)C1CCCN(C(=O)c2cccn2C2CCN(C(=O)OC(C)(C)C)CC2)C1. The van der Waals surface area contributed by atoms with Crippen molar-refractivity contribution >= 4 is 17.9 Å². The van der Waals surface area contributed by atoms with Crippen LogP contribution in [0.3, 0.4) is 0 Å². The highest BCUT2D eigenvalue weighted by molar-refractivity contribution is 5.93. The summed E-state index contributed by atoms with van der Waals surface area (Å²) in [6, 6.07) is 3.93. The molecule has 2 aliphatic rings. The summed E-state index contributed by atoms with van der Waals surface area (Å²) >= 11 is 0. The van der Waals surface area contributed by atoms with Crippen molar-refractivity contribution in [3.8, 4) is 0 Å². The van der Waals surface area contributed by atoms with E-state index >= 15 is 0 Å². The molecule has 0 aromatic carbocycles. The Kier molecular flexibility index (Phi) is 7.85. The highest BCUT2D eigenvalue weighted by Gasteiger charge is 2.32. The monoisotopic (exact) mass is 446 g/mol. The van der Waals surface area contributed by atoms with Crippen molar-refractivity contribution in [3.63, 3.8) is 0 Å². The fourth-order valence-electron chi connectivity index (χ4n) is 4.48. The van der Waals surface area contributed by atoms with E-state index < -0.39 is 5.60 Å². The molecule has 1 N–H and O–H groups in total. The second-order valence-corrected chi connectivity index (χ2v) is 9.88. The number of carbonyl (C=O) groups is 3. The normalized spacial score (nSPS) is 20.2. The van der Waals surface area contributed by atoms with Crippen molar-refractivity contribution in [1.29, 1.82) is 0 Å². The average molecular weight is 447 g/mol. The molecular weight excluding hydrogens is 408 g/mol. The first-order chi connectivity index (χ1) is 15.2. The van der Waals surface area contributed by atoms with Gasteiger partial charge in [0.15, 0.2) is 0 Å². The van der Waals surface area contributed by atoms with Crippen LogP contribution in [-0.4, -0.2) is 70.6 Å². The zero-order valence-corrected chi connectivity index (χ0v) is 19.9. The molecule has 3 amide bonds. The van der Waals surface area contributed by atoms with Gasteiger partial charge in [-0.15, -0.1) is 0 Å². The quantitative estimate of drug-likeness (QED) is 0.751. The largest absolute Gasteiger partial charge is 0.444 e. The molecule has 0 radical (unpaired) electrons. The zero-order chi connectivity index (χ0) is 23.3. The van der Waals surface area contributed by atoms with Gasteiger partial charge in [0.1, 0.15) is 11.3 Å². The van der Waals surface area contributed by atoms with E-state index in [4.69, 9.17) is 4.74 Å². The van der Waals surface area contributed by atoms with Crippen molar-refractivity contribution in [2.75, 3.05) is 32.7 Å². The van der Waals surface area contributed by atoms with Crippen molar-refractivity contribution in [3.05, 3.63) is 24.0 Å². The maximum absolute atomic E-state index is 13.3. The maximum atomic E-state index is 13.3. The molecule has 8 nitrogen and oxygen atoms in total. The molecule has 1 aromatic rings. The van der Waals surface area contributed by atoms with Gasteiger partial charge in [0.05, 0.1) is 5.92 Å². The number of nitrogens with zero attached hydrogens (tertiary/aromatic N) is 3. The molecule has 1 unspecified atom stereocenters. The zero-order valence-electron chi connectivity index (χ0n) is 19.9. The van der Waals surface area contributed by atoms with E-state index in [2.05, 4.69) is 9.88 Å². The van der Waals surface area contributed by atoms with Crippen LogP contribution in [0.25, 0.3) is 0 Å². The van der Waals surface area contributed by atoms with Crippen LogP contribution in [0.2, 0.25) is 0 Å². The topological polar surface area (TPSA) is 83.9 Å². The summed E-state index contributed by atoms with van der Waals surface area (Å²) in [5.74, 6) is -0.105. The minimum Gasteiger partial charge on any atom is -0.444 e. The van der Waals surface area contributed by atoms with Crippen molar-refractivity contribution < 1.29 is 19.1 Å². The van der Waals surface area contributed by atoms with Crippen molar-refractivity contribution in [1.82, 2.24) is 19.7 Å². The molecule has 0 aliphatic carbocycles. The van der Waals surface area contributed by atoms with E-state index in [-0.39, 0.29) is 29.9 Å². The van der Waals surface area contributed by atoms with Gasteiger partial charge in [-0.05, 0) is 65.0 Å². The Morgan fingerprint density at radius 1 is 1.09 bits per heavy atom. The number of nitrogens with one attached hydrogen (secondary N) is 1. The second kappa shape index (κ2) is 10.4. The summed E-state index contributed by atoms with van der Waals surface area (Å²) in [5, 5.41) is 2.96. The van der Waals surface area contributed by atoms with Crippen LogP contribution in [0, 0.1) is 5.92 Å². The Hall–Kier alpha value is -2.51. The molecule has 3 heterocycles. The Balaban J connectivity index is 1.60. The standard InChI is InChI=1S/C24H38N4O4/c1-5-12-25-21(29)18-8-6-13-27(17-18)22(30)20-9-7-14-28(20)19-10-15-26(16-11-19)23(31)32-24(2,3)4/h7,9,14,18-19H,5-6,8,10-13,15-17H2,1-4H3,(H,25,29). The highest BCUT2D eigenvalue weighted by atomic mass is 16.6. The van der Waals surface area contributed by atoms with Gasteiger partial charge in [-0.2, -0.15) is 0 Å².